The van der Waals surface area contributed by atoms with Crippen LogP contribution in [-0.4, -0.2) is 25.0 Å². The quantitative estimate of drug-likeness (QED) is 0.749. The number of carbonyl (C=O) groups is 2. The minimum Gasteiger partial charge on any atom is -0.362 e. The first-order valence-electron chi connectivity index (χ1n) is 5.36. The van der Waals surface area contributed by atoms with E-state index in [1.54, 1.807) is 6.07 Å². The Balaban J connectivity index is 2.43. The van der Waals surface area contributed by atoms with Gasteiger partial charge in [0.05, 0.1) is 5.69 Å². The third-order valence-corrected chi connectivity index (χ3v) is 2.70. The van der Waals surface area contributed by atoms with Crippen molar-refractivity contribution >= 4 is 17.5 Å². The van der Waals surface area contributed by atoms with E-state index in [4.69, 9.17) is 10.5 Å². The first-order chi connectivity index (χ1) is 8.13. The van der Waals surface area contributed by atoms with Gasteiger partial charge in [-0.3, -0.25) is 9.59 Å². The van der Waals surface area contributed by atoms with Crippen LogP contribution in [0.15, 0.2) is 18.2 Å². The Morgan fingerprint density at radius 3 is 2.53 bits per heavy atom. The smallest absolute Gasteiger partial charge is 0.259 e. The van der Waals surface area contributed by atoms with Gasteiger partial charge in [0.15, 0.2) is 0 Å². The van der Waals surface area contributed by atoms with Gasteiger partial charge in [0.25, 0.3) is 11.8 Å². The van der Waals surface area contributed by atoms with Crippen LogP contribution in [0.5, 0.6) is 0 Å². The van der Waals surface area contributed by atoms with Gasteiger partial charge in [0.1, 0.15) is 13.2 Å². The average Bonchev–Trinajstić information content (AvgIpc) is 2.31. The molecule has 5 heteroatoms. The van der Waals surface area contributed by atoms with Gasteiger partial charge in [-0.25, -0.2) is 4.90 Å². The van der Waals surface area contributed by atoms with E-state index in [0.29, 0.717) is 12.2 Å². The van der Waals surface area contributed by atoms with E-state index in [1.165, 1.54) is 4.90 Å². The van der Waals surface area contributed by atoms with Crippen molar-refractivity contribution in [2.24, 2.45) is 5.73 Å². The molecule has 0 radical (unpaired) electrons. The second-order valence-electron chi connectivity index (χ2n) is 3.94. The van der Waals surface area contributed by atoms with E-state index >= 15 is 0 Å². The maximum absolute atomic E-state index is 11.7. The Morgan fingerprint density at radius 2 is 1.94 bits per heavy atom. The van der Waals surface area contributed by atoms with Crippen LogP contribution in [0.4, 0.5) is 5.69 Å². The van der Waals surface area contributed by atoms with Crippen molar-refractivity contribution in [3.8, 4) is 0 Å². The van der Waals surface area contributed by atoms with Gasteiger partial charge >= 0.3 is 0 Å². The summed E-state index contributed by atoms with van der Waals surface area (Å²) in [6, 6.07) is 5.51. The summed E-state index contributed by atoms with van der Waals surface area (Å²) < 4.78 is 4.88. The lowest BCUT2D eigenvalue weighted by atomic mass is 10.1. The number of anilines is 1. The lowest BCUT2D eigenvalue weighted by molar-refractivity contribution is -0.138. The van der Waals surface area contributed by atoms with Crippen molar-refractivity contribution < 1.29 is 14.3 Å². The maximum Gasteiger partial charge on any atom is 0.259 e. The number of benzene rings is 1. The fourth-order valence-electron chi connectivity index (χ4n) is 1.79. The van der Waals surface area contributed by atoms with Crippen LogP contribution in [0.3, 0.4) is 0 Å². The molecule has 0 atom stereocenters. The van der Waals surface area contributed by atoms with Crippen LogP contribution in [0.2, 0.25) is 0 Å². The Bertz CT molecular complexity index is 455. The number of amides is 2. The lowest BCUT2D eigenvalue weighted by Gasteiger charge is -2.26. The summed E-state index contributed by atoms with van der Waals surface area (Å²) >= 11 is 0. The second-order valence-corrected chi connectivity index (χ2v) is 3.94. The maximum atomic E-state index is 11.7. The fraction of sp³-hybridized carbons (Fsp3) is 0.333. The molecule has 5 nitrogen and oxygen atoms in total. The number of ether oxygens (including phenoxy) is 1. The fourth-order valence-corrected chi connectivity index (χ4v) is 1.79. The largest absolute Gasteiger partial charge is 0.362 e. The summed E-state index contributed by atoms with van der Waals surface area (Å²) in [5.41, 5.74) is 7.91. The molecule has 1 aliphatic heterocycles. The van der Waals surface area contributed by atoms with Crippen molar-refractivity contribution in [1.82, 2.24) is 0 Å². The molecular formula is C12H14N2O3. The van der Waals surface area contributed by atoms with Crippen LogP contribution >= 0.6 is 0 Å². The summed E-state index contributed by atoms with van der Waals surface area (Å²) in [6.45, 7) is 2.11. The number of imide groups is 1. The van der Waals surface area contributed by atoms with Crippen molar-refractivity contribution in [2.75, 3.05) is 18.1 Å². The first kappa shape index (κ1) is 11.8. The van der Waals surface area contributed by atoms with E-state index in [2.05, 4.69) is 0 Å². The number of aryl methyl sites for hydroxylation is 1. The van der Waals surface area contributed by atoms with Crippen molar-refractivity contribution in [3.05, 3.63) is 29.3 Å². The van der Waals surface area contributed by atoms with E-state index in [9.17, 15) is 9.59 Å². The van der Waals surface area contributed by atoms with Crippen molar-refractivity contribution in [2.45, 2.75) is 13.5 Å². The Kier molecular flexibility index (Phi) is 3.21. The van der Waals surface area contributed by atoms with Crippen LogP contribution in [0, 0.1) is 6.92 Å². The molecule has 0 unspecified atom stereocenters. The zero-order valence-corrected chi connectivity index (χ0v) is 9.60. The molecule has 0 saturated carbocycles. The molecular weight excluding hydrogens is 220 g/mol. The third kappa shape index (κ3) is 2.20. The minimum atomic E-state index is -0.335. The minimum absolute atomic E-state index is 0.0575. The van der Waals surface area contributed by atoms with Gasteiger partial charge in [0, 0.05) is 6.54 Å². The molecule has 0 bridgehead atoms. The van der Waals surface area contributed by atoms with Gasteiger partial charge in [-0.05, 0) is 24.1 Å². The van der Waals surface area contributed by atoms with Gasteiger partial charge in [-0.2, -0.15) is 0 Å². The molecule has 0 aromatic heterocycles. The molecule has 1 aromatic carbocycles. The molecule has 17 heavy (non-hydrogen) atoms. The Morgan fingerprint density at radius 1 is 1.29 bits per heavy atom. The number of nitrogens with zero attached hydrogens (tertiary/aromatic N) is 1. The summed E-state index contributed by atoms with van der Waals surface area (Å²) in [7, 11) is 0. The predicted molar refractivity (Wildman–Crippen MR) is 62.4 cm³/mol. The van der Waals surface area contributed by atoms with Gasteiger partial charge in [-0.1, -0.05) is 12.1 Å². The Hall–Kier alpha value is -1.72. The van der Waals surface area contributed by atoms with Crippen LogP contribution in [0.1, 0.15) is 11.1 Å². The zero-order valence-electron chi connectivity index (χ0n) is 9.60. The predicted octanol–water partition coefficient (Wildman–Crippen LogP) is 0.344. The van der Waals surface area contributed by atoms with Gasteiger partial charge < -0.3 is 10.5 Å². The van der Waals surface area contributed by atoms with Crippen LogP contribution in [-0.2, 0) is 20.9 Å². The SMILES string of the molecule is Cc1ccc(CN)cc1N1C(=O)COCC1=O. The number of carbonyl (C=O) groups excluding carboxylic acids is 2. The lowest BCUT2D eigenvalue weighted by Crippen LogP contribution is -2.46. The van der Waals surface area contributed by atoms with E-state index in [1.807, 2.05) is 19.1 Å². The molecule has 1 aromatic rings. The molecule has 1 heterocycles. The summed E-state index contributed by atoms with van der Waals surface area (Å²) in [4.78, 5) is 24.6. The van der Waals surface area contributed by atoms with Gasteiger partial charge in [0.2, 0.25) is 0 Å². The van der Waals surface area contributed by atoms with Crippen molar-refractivity contribution in [1.29, 1.82) is 0 Å². The van der Waals surface area contributed by atoms with Crippen LogP contribution in [0.25, 0.3) is 0 Å². The monoisotopic (exact) mass is 234 g/mol. The number of rotatable bonds is 2. The van der Waals surface area contributed by atoms with Crippen molar-refractivity contribution in [3.63, 3.8) is 0 Å². The highest BCUT2D eigenvalue weighted by atomic mass is 16.5. The molecule has 90 valence electrons. The van der Waals surface area contributed by atoms with E-state index < -0.39 is 0 Å². The zero-order chi connectivity index (χ0) is 12.4. The molecule has 1 aliphatic rings. The number of morpholine rings is 1. The molecule has 1 saturated heterocycles. The first-order valence-corrected chi connectivity index (χ1v) is 5.36. The molecule has 2 rings (SSSR count). The van der Waals surface area contributed by atoms with E-state index in [0.717, 1.165) is 11.1 Å². The number of hydrogen-bond donors (Lipinski definition) is 1. The van der Waals surface area contributed by atoms with Crippen LogP contribution < -0.4 is 10.6 Å². The average molecular weight is 234 g/mol. The molecule has 0 aliphatic carbocycles. The van der Waals surface area contributed by atoms with Gasteiger partial charge in [-0.15, -0.1) is 0 Å². The summed E-state index contributed by atoms with van der Waals surface area (Å²) in [5, 5.41) is 0. The standard InChI is InChI=1S/C12H14N2O3/c1-8-2-3-9(5-13)4-10(8)14-11(15)6-17-7-12(14)16/h2-4H,5-7,13H2,1H3. The highest BCUT2D eigenvalue weighted by molar-refractivity contribution is 6.17. The summed E-state index contributed by atoms with van der Waals surface area (Å²) in [5.74, 6) is -0.669. The van der Waals surface area contributed by atoms with E-state index in [-0.39, 0.29) is 25.0 Å². The molecule has 1 fully saturated rings. The molecule has 2 N–H and O–H groups in total. The highest BCUT2D eigenvalue weighted by Crippen LogP contribution is 2.23. The Labute approximate surface area is 99.2 Å². The molecule has 0 spiro atoms. The highest BCUT2D eigenvalue weighted by Gasteiger charge is 2.29. The topological polar surface area (TPSA) is 72.6 Å². The second kappa shape index (κ2) is 4.65. The summed E-state index contributed by atoms with van der Waals surface area (Å²) in [6.07, 6.45) is 0. The number of nitrogens with two attached hydrogens (primary N) is 1. The third-order valence-electron chi connectivity index (χ3n) is 2.70. The molecule has 2 amide bonds. The normalized spacial score (nSPS) is 16.5. The number of hydrogen-bond acceptors (Lipinski definition) is 4.